The Morgan fingerprint density at radius 3 is 2.38 bits per heavy atom. The van der Waals surface area contributed by atoms with Crippen LogP contribution in [0.4, 0.5) is 0 Å². The number of aliphatic hydroxyl groups is 1. The highest BCUT2D eigenvalue weighted by atomic mass is 16.5. The van der Waals surface area contributed by atoms with Crippen molar-refractivity contribution in [3.8, 4) is 0 Å². The average Bonchev–Trinajstić information content (AvgIpc) is 2.17. The highest BCUT2D eigenvalue weighted by Crippen LogP contribution is 2.00. The van der Waals surface area contributed by atoms with Crippen LogP contribution in [0.1, 0.15) is 0 Å². The molecule has 6 nitrogen and oxygen atoms in total. The lowest BCUT2D eigenvalue weighted by Crippen LogP contribution is -2.49. The molecule has 0 bridgehead atoms. The van der Waals surface area contributed by atoms with Crippen molar-refractivity contribution in [1.82, 2.24) is 4.90 Å². The highest BCUT2D eigenvalue weighted by Gasteiger charge is 2.27. The third-order valence-corrected chi connectivity index (χ3v) is 1.83. The number of ether oxygens (including phenoxy) is 1. The molecule has 74 valence electrons. The zero-order valence-electron chi connectivity index (χ0n) is 7.10. The molecule has 2 amide bonds. The van der Waals surface area contributed by atoms with E-state index in [4.69, 9.17) is 15.6 Å². The summed E-state index contributed by atoms with van der Waals surface area (Å²) in [5.41, 5.74) is 4.78. The molecular weight excluding hydrogens is 176 g/mol. The van der Waals surface area contributed by atoms with Crippen LogP contribution in [0.15, 0.2) is 0 Å². The van der Waals surface area contributed by atoms with Crippen molar-refractivity contribution < 1.29 is 19.4 Å². The summed E-state index contributed by atoms with van der Waals surface area (Å²) >= 11 is 0. The standard InChI is InChI=1S/C7H12N2O4/c8-6(11)5(10)7(12)9-1-3-13-4-2-9/h5,10H,1-4H2,(H2,8,11). The Hall–Kier alpha value is -1.14. The molecule has 1 unspecified atom stereocenters. The van der Waals surface area contributed by atoms with Gasteiger partial charge in [-0.25, -0.2) is 0 Å². The SMILES string of the molecule is NC(=O)C(O)C(=O)N1CCOCC1. The van der Waals surface area contributed by atoms with E-state index >= 15 is 0 Å². The summed E-state index contributed by atoms with van der Waals surface area (Å²) in [6, 6.07) is 0. The van der Waals surface area contributed by atoms with Crippen molar-refractivity contribution in [1.29, 1.82) is 0 Å². The van der Waals surface area contributed by atoms with Crippen LogP contribution in [-0.4, -0.2) is 54.2 Å². The lowest BCUT2D eigenvalue weighted by Gasteiger charge is -2.27. The molecule has 0 radical (unpaired) electrons. The molecule has 0 spiro atoms. The van der Waals surface area contributed by atoms with E-state index in [2.05, 4.69) is 0 Å². The Morgan fingerprint density at radius 1 is 1.38 bits per heavy atom. The number of carbonyl (C=O) groups excluding carboxylic acids is 2. The molecule has 1 rings (SSSR count). The molecule has 13 heavy (non-hydrogen) atoms. The Balaban J connectivity index is 2.50. The van der Waals surface area contributed by atoms with Crippen LogP contribution in [0, 0.1) is 0 Å². The van der Waals surface area contributed by atoms with E-state index in [1.807, 2.05) is 0 Å². The first kappa shape index (κ1) is 9.94. The van der Waals surface area contributed by atoms with Crippen molar-refractivity contribution in [3.63, 3.8) is 0 Å². The first-order chi connectivity index (χ1) is 6.13. The monoisotopic (exact) mass is 188 g/mol. The van der Waals surface area contributed by atoms with Gasteiger partial charge in [0.1, 0.15) is 0 Å². The van der Waals surface area contributed by atoms with Gasteiger partial charge in [0.2, 0.25) is 6.10 Å². The van der Waals surface area contributed by atoms with E-state index in [9.17, 15) is 9.59 Å². The molecule has 1 aliphatic heterocycles. The van der Waals surface area contributed by atoms with Crippen LogP contribution in [0.25, 0.3) is 0 Å². The third kappa shape index (κ3) is 2.40. The maximum absolute atomic E-state index is 11.3. The maximum atomic E-state index is 11.3. The van der Waals surface area contributed by atoms with Crippen molar-refractivity contribution >= 4 is 11.8 Å². The van der Waals surface area contributed by atoms with Crippen molar-refractivity contribution in [2.24, 2.45) is 5.73 Å². The number of amides is 2. The molecule has 0 aromatic heterocycles. The van der Waals surface area contributed by atoms with Gasteiger partial charge >= 0.3 is 0 Å². The Labute approximate surface area is 75.3 Å². The molecule has 1 saturated heterocycles. The normalized spacial score (nSPS) is 19.6. The fourth-order valence-electron chi connectivity index (χ4n) is 1.08. The number of morpholine rings is 1. The van der Waals surface area contributed by atoms with E-state index in [0.29, 0.717) is 26.3 Å². The average molecular weight is 188 g/mol. The zero-order chi connectivity index (χ0) is 9.84. The molecular formula is C7H12N2O4. The third-order valence-electron chi connectivity index (χ3n) is 1.83. The van der Waals surface area contributed by atoms with Gasteiger partial charge in [0.15, 0.2) is 0 Å². The van der Waals surface area contributed by atoms with Crippen LogP contribution in [-0.2, 0) is 14.3 Å². The van der Waals surface area contributed by atoms with Crippen molar-refractivity contribution in [3.05, 3.63) is 0 Å². The molecule has 3 N–H and O–H groups in total. The van der Waals surface area contributed by atoms with Gasteiger partial charge in [0, 0.05) is 13.1 Å². The zero-order valence-corrected chi connectivity index (χ0v) is 7.10. The van der Waals surface area contributed by atoms with Gasteiger partial charge in [0.05, 0.1) is 13.2 Å². The smallest absolute Gasteiger partial charge is 0.261 e. The first-order valence-electron chi connectivity index (χ1n) is 3.97. The summed E-state index contributed by atoms with van der Waals surface area (Å²) < 4.78 is 5.00. The van der Waals surface area contributed by atoms with E-state index in [1.165, 1.54) is 4.90 Å². The van der Waals surface area contributed by atoms with Crippen molar-refractivity contribution in [2.75, 3.05) is 26.3 Å². The lowest BCUT2D eigenvalue weighted by molar-refractivity contribution is -0.149. The second-order valence-corrected chi connectivity index (χ2v) is 2.74. The van der Waals surface area contributed by atoms with E-state index in [0.717, 1.165) is 0 Å². The second kappa shape index (κ2) is 4.20. The van der Waals surface area contributed by atoms with Gasteiger partial charge in [-0.05, 0) is 0 Å². The van der Waals surface area contributed by atoms with Crippen LogP contribution in [0.2, 0.25) is 0 Å². The molecule has 0 aliphatic carbocycles. The number of carbonyl (C=O) groups is 2. The number of nitrogens with two attached hydrogens (primary N) is 1. The molecule has 6 heteroatoms. The fourth-order valence-corrected chi connectivity index (χ4v) is 1.08. The van der Waals surface area contributed by atoms with Gasteiger partial charge in [0.25, 0.3) is 11.8 Å². The summed E-state index contributed by atoms with van der Waals surface area (Å²) in [5.74, 6) is -1.66. The predicted octanol–water partition coefficient (Wildman–Crippen LogP) is -2.31. The Kier molecular flexibility index (Phi) is 3.21. The number of nitrogens with zero attached hydrogens (tertiary/aromatic N) is 1. The number of rotatable bonds is 2. The van der Waals surface area contributed by atoms with E-state index in [-0.39, 0.29) is 0 Å². The number of primary amides is 1. The van der Waals surface area contributed by atoms with E-state index < -0.39 is 17.9 Å². The summed E-state index contributed by atoms with van der Waals surface area (Å²) in [5, 5.41) is 9.04. The largest absolute Gasteiger partial charge is 0.378 e. The minimum absolute atomic E-state index is 0.392. The summed E-state index contributed by atoms with van der Waals surface area (Å²) in [6.45, 7) is 1.64. The predicted molar refractivity (Wildman–Crippen MR) is 42.6 cm³/mol. The number of aliphatic hydroxyl groups excluding tert-OH is 1. The summed E-state index contributed by atoms with van der Waals surface area (Å²) in [6.07, 6.45) is -1.72. The molecule has 1 atom stereocenters. The molecule has 0 saturated carbocycles. The summed E-state index contributed by atoms with van der Waals surface area (Å²) in [7, 11) is 0. The van der Waals surface area contributed by atoms with Gasteiger partial charge in [-0.2, -0.15) is 0 Å². The molecule has 1 heterocycles. The molecule has 0 aromatic carbocycles. The quantitative estimate of drug-likeness (QED) is 0.476. The minimum Gasteiger partial charge on any atom is -0.378 e. The Bertz CT molecular complexity index is 213. The van der Waals surface area contributed by atoms with Crippen LogP contribution in [0.5, 0.6) is 0 Å². The van der Waals surface area contributed by atoms with Gasteiger partial charge in [-0.1, -0.05) is 0 Å². The van der Waals surface area contributed by atoms with E-state index in [1.54, 1.807) is 0 Å². The second-order valence-electron chi connectivity index (χ2n) is 2.74. The number of hydrogen-bond acceptors (Lipinski definition) is 4. The fraction of sp³-hybridized carbons (Fsp3) is 0.714. The maximum Gasteiger partial charge on any atom is 0.261 e. The highest BCUT2D eigenvalue weighted by molar-refractivity contribution is 6.02. The molecule has 1 aliphatic rings. The van der Waals surface area contributed by atoms with Crippen LogP contribution < -0.4 is 5.73 Å². The van der Waals surface area contributed by atoms with Crippen molar-refractivity contribution in [2.45, 2.75) is 6.10 Å². The number of hydrogen-bond donors (Lipinski definition) is 2. The topological polar surface area (TPSA) is 92.9 Å². The Morgan fingerprint density at radius 2 is 1.92 bits per heavy atom. The van der Waals surface area contributed by atoms with Gasteiger partial charge in [-0.3, -0.25) is 9.59 Å². The summed E-state index contributed by atoms with van der Waals surface area (Å²) in [4.78, 5) is 23.1. The minimum atomic E-state index is -1.72. The van der Waals surface area contributed by atoms with Gasteiger partial charge < -0.3 is 20.5 Å². The molecule has 0 aromatic rings. The first-order valence-corrected chi connectivity index (χ1v) is 3.97. The molecule has 1 fully saturated rings. The van der Waals surface area contributed by atoms with Gasteiger partial charge in [-0.15, -0.1) is 0 Å². The lowest BCUT2D eigenvalue weighted by atomic mass is 10.2. The van der Waals surface area contributed by atoms with Crippen LogP contribution in [0.3, 0.4) is 0 Å². The van der Waals surface area contributed by atoms with Crippen LogP contribution >= 0.6 is 0 Å².